The van der Waals surface area contributed by atoms with E-state index in [1.54, 1.807) is 21.3 Å². The van der Waals surface area contributed by atoms with Crippen LogP contribution in [0.1, 0.15) is 41.2 Å². The van der Waals surface area contributed by atoms with E-state index in [9.17, 15) is 9.90 Å². The molecule has 3 rings (SSSR count). The summed E-state index contributed by atoms with van der Waals surface area (Å²) in [6, 6.07) is 7.99. The van der Waals surface area contributed by atoms with Gasteiger partial charge in [-0.25, -0.2) is 0 Å². The largest absolute Gasteiger partial charge is 0.493 e. The summed E-state index contributed by atoms with van der Waals surface area (Å²) >= 11 is 0. The predicted octanol–water partition coefficient (Wildman–Crippen LogP) is 5.13. The molecule has 0 bridgehead atoms. The summed E-state index contributed by atoms with van der Waals surface area (Å²) < 4.78 is 16.3. The lowest BCUT2D eigenvalue weighted by atomic mass is 9.95. The highest BCUT2D eigenvalue weighted by molar-refractivity contribution is 6.07. The molecule has 5 heteroatoms. The summed E-state index contributed by atoms with van der Waals surface area (Å²) in [4.78, 5) is 11.5. The Bertz CT molecular complexity index is 1020. The molecular weight excluding hydrogens is 368 g/mol. The molecule has 5 nitrogen and oxygen atoms in total. The summed E-state index contributed by atoms with van der Waals surface area (Å²) in [7, 11) is 4.74. The van der Waals surface area contributed by atoms with Gasteiger partial charge in [-0.05, 0) is 83.5 Å². The molecule has 0 heterocycles. The second kappa shape index (κ2) is 8.03. The molecular formula is C24H26O5. The zero-order valence-electron chi connectivity index (χ0n) is 17.7. The van der Waals surface area contributed by atoms with Gasteiger partial charge in [0.2, 0.25) is 5.75 Å². The highest BCUT2D eigenvalue weighted by atomic mass is 16.5. The molecule has 2 aromatic carbocycles. The average Bonchev–Trinajstić information content (AvgIpc) is 2.92. The van der Waals surface area contributed by atoms with Crippen molar-refractivity contribution in [3.8, 4) is 17.2 Å². The number of aliphatic carboxylic acids is 1. The molecule has 0 spiro atoms. The van der Waals surface area contributed by atoms with Crippen molar-refractivity contribution in [3.63, 3.8) is 0 Å². The fourth-order valence-corrected chi connectivity index (χ4v) is 3.77. The molecule has 0 aliphatic heterocycles. The summed E-state index contributed by atoms with van der Waals surface area (Å²) in [5.74, 6) is 0.848. The Balaban J connectivity index is 2.23. The standard InChI is InChI=1S/C24H26O5/c1-13-7-19-17(15(3)18(12-23(25)26)20(19)8-14(13)2)9-16-10-21(27-4)24(29-6)22(11-16)28-5/h7-11H,12H2,1-6H3,(H,25,26). The second-order valence-electron chi connectivity index (χ2n) is 7.17. The summed E-state index contributed by atoms with van der Waals surface area (Å²) in [5, 5.41) is 9.41. The van der Waals surface area contributed by atoms with Crippen LogP contribution in [0.5, 0.6) is 17.2 Å². The zero-order valence-corrected chi connectivity index (χ0v) is 17.7. The number of benzene rings is 2. The quantitative estimate of drug-likeness (QED) is 0.736. The van der Waals surface area contributed by atoms with Crippen molar-refractivity contribution in [1.29, 1.82) is 0 Å². The number of carboxylic acids is 1. The SMILES string of the molecule is COc1cc(C=C2C(C)=C(CC(=O)O)c3cc(C)c(C)cc32)cc(OC)c1OC. The topological polar surface area (TPSA) is 65.0 Å². The Hall–Kier alpha value is -3.21. The van der Waals surface area contributed by atoms with E-state index in [-0.39, 0.29) is 6.42 Å². The van der Waals surface area contributed by atoms with Crippen molar-refractivity contribution in [1.82, 2.24) is 0 Å². The Morgan fingerprint density at radius 2 is 1.45 bits per heavy atom. The maximum absolute atomic E-state index is 11.5. The van der Waals surface area contributed by atoms with Gasteiger partial charge in [0.25, 0.3) is 0 Å². The Labute approximate surface area is 171 Å². The van der Waals surface area contributed by atoms with E-state index in [0.717, 1.165) is 39.0 Å². The fourth-order valence-electron chi connectivity index (χ4n) is 3.77. The Kier molecular flexibility index (Phi) is 5.69. The number of hydrogen-bond donors (Lipinski definition) is 1. The average molecular weight is 394 g/mol. The van der Waals surface area contributed by atoms with Crippen molar-refractivity contribution in [3.05, 3.63) is 57.7 Å². The monoisotopic (exact) mass is 394 g/mol. The van der Waals surface area contributed by atoms with Gasteiger partial charge in [0, 0.05) is 0 Å². The van der Waals surface area contributed by atoms with Gasteiger partial charge in [-0.1, -0.05) is 12.1 Å². The van der Waals surface area contributed by atoms with E-state index in [2.05, 4.69) is 19.1 Å². The lowest BCUT2D eigenvalue weighted by Gasteiger charge is -2.14. The third kappa shape index (κ3) is 3.73. The molecule has 0 unspecified atom stereocenters. The molecule has 0 atom stereocenters. The first kappa shape index (κ1) is 20.5. The van der Waals surface area contributed by atoms with Gasteiger partial charge < -0.3 is 19.3 Å². The van der Waals surface area contributed by atoms with Gasteiger partial charge in [0.05, 0.1) is 27.8 Å². The van der Waals surface area contributed by atoms with Crippen LogP contribution in [-0.4, -0.2) is 32.4 Å². The normalized spacial score (nSPS) is 14.2. The van der Waals surface area contributed by atoms with E-state index in [1.165, 1.54) is 5.56 Å². The van der Waals surface area contributed by atoms with E-state index in [1.807, 2.05) is 32.1 Å². The van der Waals surface area contributed by atoms with Gasteiger partial charge >= 0.3 is 5.97 Å². The van der Waals surface area contributed by atoms with Crippen LogP contribution in [0.25, 0.3) is 17.2 Å². The van der Waals surface area contributed by atoms with Crippen LogP contribution in [0.4, 0.5) is 0 Å². The van der Waals surface area contributed by atoms with Gasteiger partial charge in [-0.2, -0.15) is 0 Å². The molecule has 0 aromatic heterocycles. The van der Waals surface area contributed by atoms with Gasteiger partial charge in [-0.3, -0.25) is 4.79 Å². The summed E-state index contributed by atoms with van der Waals surface area (Å²) in [6.07, 6.45) is 2.04. The number of rotatable bonds is 6. The number of hydrogen-bond acceptors (Lipinski definition) is 4. The lowest BCUT2D eigenvalue weighted by molar-refractivity contribution is -0.135. The van der Waals surface area contributed by atoms with Crippen LogP contribution in [0.2, 0.25) is 0 Å². The van der Waals surface area contributed by atoms with Crippen molar-refractivity contribution < 1.29 is 24.1 Å². The minimum atomic E-state index is -0.836. The van der Waals surface area contributed by atoms with Gasteiger partial charge in [-0.15, -0.1) is 0 Å². The molecule has 29 heavy (non-hydrogen) atoms. The number of aryl methyl sites for hydroxylation is 2. The highest BCUT2D eigenvalue weighted by Crippen LogP contribution is 2.46. The van der Waals surface area contributed by atoms with E-state index >= 15 is 0 Å². The first-order valence-corrected chi connectivity index (χ1v) is 9.36. The number of methoxy groups -OCH3 is 3. The molecule has 0 amide bonds. The number of allylic oxidation sites excluding steroid dienone is 2. The smallest absolute Gasteiger partial charge is 0.307 e. The Morgan fingerprint density at radius 1 is 0.897 bits per heavy atom. The van der Waals surface area contributed by atoms with Crippen LogP contribution in [0, 0.1) is 13.8 Å². The maximum Gasteiger partial charge on any atom is 0.307 e. The molecule has 1 aliphatic carbocycles. The van der Waals surface area contributed by atoms with Crippen LogP contribution in [0.3, 0.4) is 0 Å². The van der Waals surface area contributed by atoms with Crippen LogP contribution in [0.15, 0.2) is 29.8 Å². The van der Waals surface area contributed by atoms with Crippen molar-refractivity contribution in [2.24, 2.45) is 0 Å². The minimum Gasteiger partial charge on any atom is -0.493 e. The van der Waals surface area contributed by atoms with E-state index < -0.39 is 5.97 Å². The maximum atomic E-state index is 11.5. The lowest BCUT2D eigenvalue weighted by Crippen LogP contribution is -1.97. The first-order valence-electron chi connectivity index (χ1n) is 9.36. The van der Waals surface area contributed by atoms with E-state index in [4.69, 9.17) is 14.2 Å². The second-order valence-corrected chi connectivity index (χ2v) is 7.17. The summed E-state index contributed by atoms with van der Waals surface area (Å²) in [6.45, 7) is 6.09. The fraction of sp³-hybridized carbons (Fsp3) is 0.292. The van der Waals surface area contributed by atoms with Gasteiger partial charge in [0.1, 0.15) is 0 Å². The molecule has 0 fully saturated rings. The molecule has 0 saturated heterocycles. The number of carbonyl (C=O) groups is 1. The van der Waals surface area contributed by atoms with Crippen LogP contribution >= 0.6 is 0 Å². The molecule has 0 saturated carbocycles. The minimum absolute atomic E-state index is 0.00602. The third-order valence-corrected chi connectivity index (χ3v) is 5.43. The number of ether oxygens (including phenoxy) is 3. The van der Waals surface area contributed by atoms with Crippen LogP contribution in [-0.2, 0) is 4.79 Å². The van der Waals surface area contributed by atoms with Crippen LogP contribution < -0.4 is 14.2 Å². The zero-order chi connectivity index (χ0) is 21.3. The molecule has 2 aromatic rings. The van der Waals surface area contributed by atoms with Crippen molar-refractivity contribution in [2.45, 2.75) is 27.2 Å². The molecule has 152 valence electrons. The third-order valence-electron chi connectivity index (χ3n) is 5.43. The predicted molar refractivity (Wildman–Crippen MR) is 115 cm³/mol. The Morgan fingerprint density at radius 3 is 1.93 bits per heavy atom. The molecule has 1 aliphatic rings. The van der Waals surface area contributed by atoms with Crippen molar-refractivity contribution in [2.75, 3.05) is 21.3 Å². The molecule has 1 N–H and O–H groups in total. The van der Waals surface area contributed by atoms with Gasteiger partial charge in [0.15, 0.2) is 11.5 Å². The van der Waals surface area contributed by atoms with Crippen molar-refractivity contribution >= 4 is 23.2 Å². The van der Waals surface area contributed by atoms with E-state index in [0.29, 0.717) is 17.2 Å². The first-order chi connectivity index (χ1) is 13.8. The summed E-state index contributed by atoms with van der Waals surface area (Å²) in [5.41, 5.74) is 8.08. The highest BCUT2D eigenvalue weighted by Gasteiger charge is 2.26. The number of carboxylic acid groups (broad SMARTS) is 1. The molecule has 0 radical (unpaired) electrons. The number of fused-ring (bicyclic) bond motifs is 1.